The van der Waals surface area contributed by atoms with Crippen molar-refractivity contribution in [2.75, 3.05) is 20.2 Å². The lowest BCUT2D eigenvalue weighted by Gasteiger charge is -2.39. The molecular weight excluding hydrogens is 430 g/mol. The quantitative estimate of drug-likeness (QED) is 0.648. The maximum atomic E-state index is 12.6. The molecule has 1 fully saturated rings. The number of fused-ring (bicyclic) bond motifs is 1. The van der Waals surface area contributed by atoms with E-state index in [2.05, 4.69) is 0 Å². The molecule has 0 spiro atoms. The zero-order valence-corrected chi connectivity index (χ0v) is 18.5. The second-order valence-corrected chi connectivity index (χ2v) is 8.81. The minimum Gasteiger partial charge on any atom is -0.504 e. The summed E-state index contributed by atoms with van der Waals surface area (Å²) in [5, 5.41) is 11.0. The van der Waals surface area contributed by atoms with E-state index in [9.17, 15) is 14.7 Å². The van der Waals surface area contributed by atoms with Crippen molar-refractivity contribution < 1.29 is 28.9 Å². The Hall–Kier alpha value is -2.16. The topological polar surface area (TPSA) is 85.3 Å². The molecule has 1 saturated heterocycles. The van der Waals surface area contributed by atoms with E-state index in [-0.39, 0.29) is 22.2 Å². The number of carbonyl (C=O) groups excluding carboxylic acids is 2. The van der Waals surface area contributed by atoms with Crippen LogP contribution in [0.15, 0.2) is 46.8 Å². The first-order valence-electron chi connectivity index (χ1n) is 9.55. The first-order chi connectivity index (χ1) is 14.3. The van der Waals surface area contributed by atoms with Gasteiger partial charge in [0.25, 0.3) is 0 Å². The fourth-order valence-corrected chi connectivity index (χ4v) is 4.76. The van der Waals surface area contributed by atoms with Crippen LogP contribution >= 0.6 is 23.4 Å². The monoisotopic (exact) mass is 453 g/mol. The number of aliphatic hydroxyl groups excluding tert-OH is 1. The lowest BCUT2D eigenvalue weighted by molar-refractivity contribution is -0.147. The molecular formula is C21H24ClNO6S. The van der Waals surface area contributed by atoms with Crippen molar-refractivity contribution in [1.82, 2.24) is 4.90 Å². The van der Waals surface area contributed by atoms with Gasteiger partial charge < -0.3 is 19.3 Å². The molecule has 0 unspecified atom stereocenters. The largest absolute Gasteiger partial charge is 0.514 e. The Kier molecular flexibility index (Phi) is 7.33. The number of esters is 1. The molecule has 1 aromatic rings. The third-order valence-electron chi connectivity index (χ3n) is 4.76. The van der Waals surface area contributed by atoms with Gasteiger partial charge in [0.1, 0.15) is 6.04 Å². The first-order valence-corrected chi connectivity index (χ1v) is 10.8. The number of rotatable bonds is 5. The van der Waals surface area contributed by atoms with E-state index >= 15 is 0 Å². The minimum absolute atomic E-state index is 0.0172. The van der Waals surface area contributed by atoms with E-state index in [0.29, 0.717) is 30.1 Å². The Bertz CT molecular complexity index is 884. The molecule has 9 heteroatoms. The molecule has 1 aromatic carbocycles. The number of ether oxygens (including phenoxy) is 3. The number of halogens is 1. The molecule has 1 N–H and O–H groups in total. The van der Waals surface area contributed by atoms with E-state index in [1.54, 1.807) is 32.1 Å². The number of thioether (sulfide) groups is 1. The van der Waals surface area contributed by atoms with Gasteiger partial charge in [0.05, 0.1) is 13.2 Å². The molecule has 30 heavy (non-hydrogen) atoms. The van der Waals surface area contributed by atoms with Gasteiger partial charge in [-0.25, -0.2) is 9.59 Å². The predicted molar refractivity (Wildman–Crippen MR) is 114 cm³/mol. The molecule has 0 radical (unpaired) electrons. The smallest absolute Gasteiger partial charge is 0.504 e. The van der Waals surface area contributed by atoms with E-state index in [0.717, 1.165) is 5.57 Å². The average Bonchev–Trinajstić information content (AvgIpc) is 2.69. The van der Waals surface area contributed by atoms with Crippen molar-refractivity contribution in [1.29, 1.82) is 0 Å². The average molecular weight is 454 g/mol. The molecule has 0 aliphatic carbocycles. The molecule has 7 nitrogen and oxygen atoms in total. The highest BCUT2D eigenvalue weighted by atomic mass is 35.5. The summed E-state index contributed by atoms with van der Waals surface area (Å²) in [5.74, 6) is -0.535. The van der Waals surface area contributed by atoms with Gasteiger partial charge in [-0.3, -0.25) is 4.90 Å². The lowest BCUT2D eigenvalue weighted by Crippen LogP contribution is -2.43. The first kappa shape index (κ1) is 22.5. The summed E-state index contributed by atoms with van der Waals surface area (Å²) >= 11 is 7.62. The lowest BCUT2D eigenvalue weighted by atomic mass is 9.97. The van der Waals surface area contributed by atoms with E-state index in [4.69, 9.17) is 25.8 Å². The third kappa shape index (κ3) is 5.11. The maximum absolute atomic E-state index is 12.6. The third-order valence-corrected chi connectivity index (χ3v) is 6.43. The van der Waals surface area contributed by atoms with Gasteiger partial charge in [-0.05, 0) is 43.5 Å². The van der Waals surface area contributed by atoms with Crippen LogP contribution in [0.1, 0.15) is 31.9 Å². The number of methoxy groups -OCH3 is 1. The Morgan fingerprint density at radius 2 is 2.03 bits per heavy atom. The zero-order chi connectivity index (χ0) is 21.8. The van der Waals surface area contributed by atoms with Crippen molar-refractivity contribution in [3.8, 4) is 0 Å². The Balaban J connectivity index is 1.81. The molecule has 2 aliphatic heterocycles. The van der Waals surface area contributed by atoms with Gasteiger partial charge in [-0.15, -0.1) is 0 Å². The highest BCUT2D eigenvalue weighted by Gasteiger charge is 2.37. The van der Waals surface area contributed by atoms with E-state index in [1.165, 1.54) is 18.9 Å². The zero-order valence-electron chi connectivity index (χ0n) is 17.0. The van der Waals surface area contributed by atoms with E-state index in [1.807, 2.05) is 17.0 Å². The summed E-state index contributed by atoms with van der Waals surface area (Å²) in [6.07, 6.45) is 1.11. The van der Waals surface area contributed by atoms with Crippen LogP contribution in [0.3, 0.4) is 0 Å². The molecule has 2 atom stereocenters. The van der Waals surface area contributed by atoms with Crippen LogP contribution in [0.5, 0.6) is 0 Å². The number of allylic oxidation sites excluding steroid dienone is 1. The Morgan fingerprint density at radius 1 is 1.30 bits per heavy atom. The van der Waals surface area contributed by atoms with Crippen molar-refractivity contribution in [3.05, 3.63) is 57.4 Å². The van der Waals surface area contributed by atoms with Gasteiger partial charge in [0.2, 0.25) is 5.09 Å². The van der Waals surface area contributed by atoms with Crippen LogP contribution < -0.4 is 0 Å². The standard InChI is InChI=1S/C21H24ClNO6S/c1-12(2)28-21(26)29-20-16(24)10-13-11-23(9-8-17(13)30-20)18(19(25)27-3)14-6-4-5-7-15(14)22/h4-7,10,12,17-18,24H,8-9,11H2,1-3H3/t17-,18+/m1/s1. The molecule has 2 aliphatic rings. The molecule has 0 amide bonds. The number of carbonyl (C=O) groups is 2. The number of benzene rings is 1. The molecule has 0 aromatic heterocycles. The minimum atomic E-state index is -0.849. The summed E-state index contributed by atoms with van der Waals surface area (Å²) in [5.41, 5.74) is 1.60. The summed E-state index contributed by atoms with van der Waals surface area (Å²) in [7, 11) is 1.35. The molecule has 162 valence electrons. The summed E-state index contributed by atoms with van der Waals surface area (Å²) in [6.45, 7) is 4.48. The summed E-state index contributed by atoms with van der Waals surface area (Å²) in [6, 6.07) is 6.53. The highest BCUT2D eigenvalue weighted by molar-refractivity contribution is 8.03. The predicted octanol–water partition coefficient (Wildman–Crippen LogP) is 4.59. The van der Waals surface area contributed by atoms with Crippen LogP contribution in [-0.4, -0.2) is 53.7 Å². The Morgan fingerprint density at radius 3 is 2.70 bits per heavy atom. The normalized spacial score (nSPS) is 20.3. The Labute approximate surface area is 184 Å². The number of piperidine rings is 1. The van der Waals surface area contributed by atoms with Gasteiger partial charge in [0, 0.05) is 23.4 Å². The molecule has 0 bridgehead atoms. The fraction of sp³-hybridized carbons (Fsp3) is 0.429. The number of likely N-dealkylation sites (tertiary alicyclic amines) is 1. The SMILES string of the molecule is COC(=O)[C@H](c1ccccc1Cl)N1CC[C@H]2SC(OC(=O)OC(C)C)=C(O)C=C2C1. The van der Waals surface area contributed by atoms with Crippen LogP contribution in [0, 0.1) is 0 Å². The van der Waals surface area contributed by atoms with Crippen LogP contribution in [0.25, 0.3) is 0 Å². The number of nitrogens with zero attached hydrogens (tertiary/aromatic N) is 1. The maximum Gasteiger partial charge on any atom is 0.514 e. The second-order valence-electron chi connectivity index (χ2n) is 7.22. The molecule has 3 rings (SSSR count). The number of aliphatic hydroxyl groups is 1. The van der Waals surface area contributed by atoms with Gasteiger partial charge in [0.15, 0.2) is 5.76 Å². The van der Waals surface area contributed by atoms with Gasteiger partial charge in [-0.1, -0.05) is 41.6 Å². The summed E-state index contributed by atoms with van der Waals surface area (Å²) < 4.78 is 15.2. The molecule has 0 saturated carbocycles. The number of hydrogen-bond donors (Lipinski definition) is 1. The molecule has 2 heterocycles. The van der Waals surface area contributed by atoms with Crippen molar-refractivity contribution in [3.63, 3.8) is 0 Å². The van der Waals surface area contributed by atoms with Crippen molar-refractivity contribution in [2.45, 2.75) is 37.7 Å². The number of hydrogen-bond acceptors (Lipinski definition) is 8. The van der Waals surface area contributed by atoms with E-state index < -0.39 is 18.2 Å². The van der Waals surface area contributed by atoms with Gasteiger partial charge >= 0.3 is 12.1 Å². The summed E-state index contributed by atoms with van der Waals surface area (Å²) in [4.78, 5) is 26.3. The highest BCUT2D eigenvalue weighted by Crippen LogP contribution is 2.41. The van der Waals surface area contributed by atoms with Gasteiger partial charge in [-0.2, -0.15) is 0 Å². The second kappa shape index (κ2) is 9.76. The van der Waals surface area contributed by atoms with Crippen LogP contribution in [0.4, 0.5) is 4.79 Å². The van der Waals surface area contributed by atoms with Crippen molar-refractivity contribution >= 4 is 35.5 Å². The van der Waals surface area contributed by atoms with Crippen LogP contribution in [-0.2, 0) is 19.0 Å². The van der Waals surface area contributed by atoms with Crippen LogP contribution in [0.2, 0.25) is 5.02 Å². The fourth-order valence-electron chi connectivity index (χ4n) is 3.45. The van der Waals surface area contributed by atoms with Crippen molar-refractivity contribution in [2.24, 2.45) is 0 Å².